The predicted octanol–water partition coefficient (Wildman–Crippen LogP) is 4.84. The summed E-state index contributed by atoms with van der Waals surface area (Å²) < 4.78 is 11.4. The van der Waals surface area contributed by atoms with Gasteiger partial charge in [0.2, 0.25) is 0 Å². The molecule has 0 radical (unpaired) electrons. The minimum atomic E-state index is 0.601. The van der Waals surface area contributed by atoms with E-state index in [9.17, 15) is 0 Å². The Hall–Kier alpha value is -1.51. The highest BCUT2D eigenvalue weighted by Crippen LogP contribution is 2.14. The summed E-state index contributed by atoms with van der Waals surface area (Å²) in [5.41, 5.74) is 2.45. The summed E-state index contributed by atoms with van der Waals surface area (Å²) in [4.78, 5) is 0. The summed E-state index contributed by atoms with van der Waals surface area (Å²) in [6.07, 6.45) is 2.99. The van der Waals surface area contributed by atoms with Gasteiger partial charge in [0, 0.05) is 12.5 Å². The molecule has 0 atom stereocenters. The summed E-state index contributed by atoms with van der Waals surface area (Å²) in [6, 6.07) is 18.4. The highest BCUT2D eigenvalue weighted by molar-refractivity contribution is 6.17. The molecule has 0 amide bonds. The van der Waals surface area contributed by atoms with Crippen LogP contribution in [0.2, 0.25) is 0 Å². The highest BCUT2D eigenvalue weighted by atomic mass is 35.5. The molecular formula is C19H23ClO2. The third kappa shape index (κ3) is 6.50. The van der Waals surface area contributed by atoms with Crippen LogP contribution in [0.15, 0.2) is 54.6 Å². The van der Waals surface area contributed by atoms with Gasteiger partial charge in [0.25, 0.3) is 0 Å². The van der Waals surface area contributed by atoms with E-state index in [1.54, 1.807) is 0 Å². The van der Waals surface area contributed by atoms with E-state index >= 15 is 0 Å². The van der Waals surface area contributed by atoms with Crippen LogP contribution in [0.1, 0.15) is 24.0 Å². The van der Waals surface area contributed by atoms with Gasteiger partial charge in [0.1, 0.15) is 12.4 Å². The first kappa shape index (κ1) is 16.9. The van der Waals surface area contributed by atoms with Gasteiger partial charge in [-0.1, -0.05) is 42.5 Å². The minimum Gasteiger partial charge on any atom is -0.489 e. The largest absolute Gasteiger partial charge is 0.489 e. The lowest BCUT2D eigenvalue weighted by Crippen LogP contribution is -2.01. The summed E-state index contributed by atoms with van der Waals surface area (Å²) >= 11 is 5.62. The van der Waals surface area contributed by atoms with Crippen molar-refractivity contribution in [3.8, 4) is 5.75 Å². The van der Waals surface area contributed by atoms with E-state index in [1.807, 2.05) is 30.3 Å². The second-order valence-corrected chi connectivity index (χ2v) is 5.55. The summed E-state index contributed by atoms with van der Waals surface area (Å²) in [7, 11) is 0. The third-order valence-corrected chi connectivity index (χ3v) is 3.65. The molecule has 0 unspecified atom stereocenters. The highest BCUT2D eigenvalue weighted by Gasteiger charge is 1.98. The first-order valence-electron chi connectivity index (χ1n) is 7.78. The SMILES string of the molecule is ClCCCCOCCc1ccc(OCc2ccccc2)cc1. The van der Waals surface area contributed by atoms with Crippen molar-refractivity contribution in [3.05, 3.63) is 65.7 Å². The van der Waals surface area contributed by atoms with Crippen LogP contribution in [-0.4, -0.2) is 19.1 Å². The van der Waals surface area contributed by atoms with Crippen molar-refractivity contribution < 1.29 is 9.47 Å². The molecule has 118 valence electrons. The molecule has 2 aromatic rings. The molecular weight excluding hydrogens is 296 g/mol. The Labute approximate surface area is 138 Å². The molecule has 0 aliphatic heterocycles. The Bertz CT molecular complexity index is 511. The lowest BCUT2D eigenvalue weighted by atomic mass is 10.1. The molecule has 0 spiro atoms. The van der Waals surface area contributed by atoms with E-state index < -0.39 is 0 Å². The van der Waals surface area contributed by atoms with Crippen molar-refractivity contribution in [1.82, 2.24) is 0 Å². The van der Waals surface area contributed by atoms with Gasteiger partial charge in [-0.3, -0.25) is 0 Å². The molecule has 3 heteroatoms. The quantitative estimate of drug-likeness (QED) is 0.461. The molecule has 22 heavy (non-hydrogen) atoms. The van der Waals surface area contributed by atoms with Gasteiger partial charge in [-0.15, -0.1) is 11.6 Å². The van der Waals surface area contributed by atoms with Crippen LogP contribution in [0.25, 0.3) is 0 Å². The number of hydrogen-bond acceptors (Lipinski definition) is 2. The van der Waals surface area contributed by atoms with Crippen molar-refractivity contribution in [3.63, 3.8) is 0 Å². The van der Waals surface area contributed by atoms with Crippen LogP contribution in [0.5, 0.6) is 5.75 Å². The van der Waals surface area contributed by atoms with Crippen LogP contribution in [0.3, 0.4) is 0 Å². The Morgan fingerprint density at radius 2 is 1.55 bits per heavy atom. The van der Waals surface area contributed by atoms with Gasteiger partial charge < -0.3 is 9.47 Å². The van der Waals surface area contributed by atoms with E-state index in [4.69, 9.17) is 21.1 Å². The topological polar surface area (TPSA) is 18.5 Å². The molecule has 2 aromatic carbocycles. The van der Waals surface area contributed by atoms with E-state index in [-0.39, 0.29) is 0 Å². The summed E-state index contributed by atoms with van der Waals surface area (Å²) in [5, 5.41) is 0. The van der Waals surface area contributed by atoms with Gasteiger partial charge in [-0.2, -0.15) is 0 Å². The van der Waals surface area contributed by atoms with Gasteiger partial charge in [-0.25, -0.2) is 0 Å². The number of unbranched alkanes of at least 4 members (excludes halogenated alkanes) is 1. The van der Waals surface area contributed by atoms with Crippen molar-refractivity contribution in [1.29, 1.82) is 0 Å². The predicted molar refractivity (Wildman–Crippen MR) is 91.7 cm³/mol. The number of ether oxygens (including phenoxy) is 2. The van der Waals surface area contributed by atoms with Crippen LogP contribution in [-0.2, 0) is 17.8 Å². The molecule has 0 heterocycles. The fraction of sp³-hybridized carbons (Fsp3) is 0.368. The maximum Gasteiger partial charge on any atom is 0.119 e. The number of hydrogen-bond donors (Lipinski definition) is 0. The van der Waals surface area contributed by atoms with Crippen molar-refractivity contribution in [2.24, 2.45) is 0 Å². The molecule has 0 aromatic heterocycles. The second-order valence-electron chi connectivity index (χ2n) is 5.18. The average Bonchev–Trinajstić information content (AvgIpc) is 2.58. The Balaban J connectivity index is 1.67. The van der Waals surface area contributed by atoms with Gasteiger partial charge in [-0.05, 0) is 42.5 Å². The third-order valence-electron chi connectivity index (χ3n) is 3.38. The van der Waals surface area contributed by atoms with Crippen molar-refractivity contribution in [2.75, 3.05) is 19.1 Å². The molecule has 0 fully saturated rings. The summed E-state index contributed by atoms with van der Waals surface area (Å²) in [6.45, 7) is 2.15. The number of benzene rings is 2. The minimum absolute atomic E-state index is 0.601. The lowest BCUT2D eigenvalue weighted by Gasteiger charge is -2.08. The monoisotopic (exact) mass is 318 g/mol. The molecule has 0 saturated carbocycles. The Kier molecular flexibility index (Phi) is 7.86. The summed E-state index contributed by atoms with van der Waals surface area (Å²) in [5.74, 6) is 1.61. The second kappa shape index (κ2) is 10.3. The lowest BCUT2D eigenvalue weighted by molar-refractivity contribution is 0.134. The van der Waals surface area contributed by atoms with Crippen LogP contribution in [0.4, 0.5) is 0 Å². The van der Waals surface area contributed by atoms with Crippen LogP contribution in [0, 0.1) is 0 Å². The fourth-order valence-corrected chi connectivity index (χ4v) is 2.27. The molecule has 0 bridgehead atoms. The zero-order valence-electron chi connectivity index (χ0n) is 12.8. The van der Waals surface area contributed by atoms with Crippen molar-refractivity contribution in [2.45, 2.75) is 25.9 Å². The standard InChI is InChI=1S/C19H23ClO2/c20-13-4-5-14-21-15-12-17-8-10-19(11-9-17)22-16-18-6-2-1-3-7-18/h1-3,6-11H,4-5,12-16H2. The van der Waals surface area contributed by atoms with E-state index in [1.165, 1.54) is 11.1 Å². The first-order chi connectivity index (χ1) is 10.9. The molecule has 0 saturated heterocycles. The van der Waals surface area contributed by atoms with E-state index in [0.29, 0.717) is 12.5 Å². The number of halogens is 1. The number of rotatable bonds is 10. The van der Waals surface area contributed by atoms with E-state index in [0.717, 1.165) is 38.2 Å². The molecule has 0 N–H and O–H groups in total. The van der Waals surface area contributed by atoms with Gasteiger partial charge in [0.05, 0.1) is 6.61 Å². The van der Waals surface area contributed by atoms with Crippen molar-refractivity contribution >= 4 is 11.6 Å². The zero-order chi connectivity index (χ0) is 15.5. The molecule has 2 rings (SSSR count). The molecule has 0 aliphatic rings. The smallest absolute Gasteiger partial charge is 0.119 e. The Morgan fingerprint density at radius 3 is 2.27 bits per heavy atom. The molecule has 2 nitrogen and oxygen atoms in total. The van der Waals surface area contributed by atoms with E-state index in [2.05, 4.69) is 24.3 Å². The van der Waals surface area contributed by atoms with Gasteiger partial charge >= 0.3 is 0 Å². The maximum atomic E-state index is 5.77. The van der Waals surface area contributed by atoms with Crippen LogP contribution < -0.4 is 4.74 Å². The zero-order valence-corrected chi connectivity index (χ0v) is 13.6. The van der Waals surface area contributed by atoms with Gasteiger partial charge in [0.15, 0.2) is 0 Å². The van der Waals surface area contributed by atoms with Crippen LogP contribution >= 0.6 is 11.6 Å². The maximum absolute atomic E-state index is 5.77. The fourth-order valence-electron chi connectivity index (χ4n) is 2.08. The first-order valence-corrected chi connectivity index (χ1v) is 8.31. The Morgan fingerprint density at radius 1 is 0.773 bits per heavy atom. The normalized spacial score (nSPS) is 10.6. The number of alkyl halides is 1. The molecule has 0 aliphatic carbocycles. The average molecular weight is 319 g/mol.